The molecule has 26 nitrogen and oxygen atoms in total. The summed E-state index contributed by atoms with van der Waals surface area (Å²) >= 11 is 0. The quantitative estimate of drug-likeness (QED) is 0.0966. The second-order valence-corrected chi connectivity index (χ2v) is 25.2. The number of hydrogen-bond donors (Lipinski definition) is 9. The number of nitrogens with one attached hydrogen (secondary N) is 1. The molecule has 0 atom stereocenters. The molecule has 0 saturated carbocycles. The number of aliphatic carboxylic acids is 3. The van der Waals surface area contributed by atoms with Crippen LogP contribution < -0.4 is 0 Å². The van der Waals surface area contributed by atoms with Gasteiger partial charge < -0.3 is 35.2 Å². The molecule has 0 unspecified atom stereocenters. The van der Waals surface area contributed by atoms with E-state index in [9.17, 15) is 27.4 Å². The van der Waals surface area contributed by atoms with E-state index in [1.165, 1.54) is 46.2 Å². The average molecular weight is 975 g/mol. The van der Waals surface area contributed by atoms with Crippen molar-refractivity contribution in [3.8, 4) is 0 Å². The minimum atomic E-state index is -3.85. The number of tetrazole rings is 3. The molecule has 3 aromatic rings. The fourth-order valence-electron chi connectivity index (χ4n) is 2.67. The van der Waals surface area contributed by atoms with Crippen molar-refractivity contribution in [3.05, 3.63) is 17.5 Å². The first kappa shape index (κ1) is 67.3. The van der Waals surface area contributed by atoms with Gasteiger partial charge in [0.25, 0.3) is 10.1 Å². The van der Waals surface area contributed by atoms with Crippen LogP contribution in [0, 0.1) is 10.8 Å². The van der Waals surface area contributed by atoms with Crippen molar-refractivity contribution in [1.29, 1.82) is 0 Å². The molecule has 0 saturated heterocycles. The van der Waals surface area contributed by atoms with Crippen LogP contribution in [0.15, 0.2) is 0 Å². The second-order valence-electron chi connectivity index (χ2n) is 20.6. The van der Waals surface area contributed by atoms with Crippen LogP contribution in [0.4, 0.5) is 0 Å². The van der Waals surface area contributed by atoms with Gasteiger partial charge in [-0.05, 0) is 89.7 Å². The molecule has 0 radical (unpaired) electrons. The van der Waals surface area contributed by atoms with Gasteiger partial charge >= 0.3 is 32.6 Å². The van der Waals surface area contributed by atoms with Gasteiger partial charge in [-0.3, -0.25) is 23.5 Å². The van der Waals surface area contributed by atoms with Crippen LogP contribution in [0.3, 0.4) is 0 Å². The molecule has 3 aromatic heterocycles. The lowest BCUT2D eigenvalue weighted by molar-refractivity contribution is -0.146. The first-order valence-corrected chi connectivity index (χ1v) is 22.9. The maximum absolute atomic E-state index is 10.4. The van der Waals surface area contributed by atoms with E-state index in [2.05, 4.69) is 51.6 Å². The van der Waals surface area contributed by atoms with Gasteiger partial charge in [0.15, 0.2) is 24.0 Å². The van der Waals surface area contributed by atoms with Gasteiger partial charge in [-0.2, -0.15) is 18.4 Å². The molecule has 3 rings (SSSR count). The average Bonchev–Trinajstić information content (AvgIpc) is 3.81. The molecule has 0 spiro atoms. The van der Waals surface area contributed by atoms with E-state index in [0.29, 0.717) is 23.9 Å². The summed E-state index contributed by atoms with van der Waals surface area (Å²) in [6, 6.07) is 0. The lowest BCUT2D eigenvalue weighted by Crippen LogP contribution is -2.26. The van der Waals surface area contributed by atoms with Crippen LogP contribution in [-0.4, -0.2) is 144 Å². The monoisotopic (exact) mass is 975 g/mol. The van der Waals surface area contributed by atoms with E-state index >= 15 is 0 Å². The van der Waals surface area contributed by atoms with Gasteiger partial charge in [0.1, 0.15) is 6.54 Å². The number of carboxylic acid groups (broad SMARTS) is 3. The molecule has 0 aliphatic heterocycles. The number of carboxylic acids is 3. The van der Waals surface area contributed by atoms with Gasteiger partial charge in [-0.15, -0.1) is 25.5 Å². The van der Waals surface area contributed by atoms with Crippen molar-refractivity contribution in [2.24, 2.45) is 10.8 Å². The molecular formula is C36H76BN12O14PS. The van der Waals surface area contributed by atoms with Crippen molar-refractivity contribution in [3.63, 3.8) is 0 Å². The standard InChI is InChI=1S/2C7H12N4O2.C5H13BO2.C5H10O2.C4H8N4.C4H11O3P.C4H10O3S/c1-7(2,3)6-8-9-10-11(6)4-5(12)13;1-7(2,3)6-8-10-11(9-6)4-5(12)13;1-5(2,3)4-6(7)8;1-5(2,3)4(6)7;1-3(2)4-5-7-8-6-4;2*1-4(2,3)8(5,6)7/h2*4H2,1-3H3,(H,12,13);7-8H,4H2,1-3H3;1-3H3,(H,6,7);3H,1-2H3,(H,5,6,7,8);1-3H3,(H2,5,6,7);1-3H3,(H,5,6,7). The van der Waals surface area contributed by atoms with E-state index in [-0.39, 0.29) is 29.3 Å². The molecule has 0 aliphatic carbocycles. The Morgan fingerprint density at radius 1 is 0.738 bits per heavy atom. The highest BCUT2D eigenvalue weighted by atomic mass is 32.2. The Bertz CT molecular complexity index is 1980. The molecule has 9 N–H and O–H groups in total. The summed E-state index contributed by atoms with van der Waals surface area (Å²) < 4.78 is 39.3. The third-order valence-corrected chi connectivity index (χ3v) is 10.1. The van der Waals surface area contributed by atoms with Crippen molar-refractivity contribution in [2.75, 3.05) is 0 Å². The van der Waals surface area contributed by atoms with Crippen LogP contribution in [0.25, 0.3) is 0 Å². The van der Waals surface area contributed by atoms with Crippen LogP contribution in [0.1, 0.15) is 162 Å². The Labute approximate surface area is 382 Å². The number of rotatable bonds is 6. The highest BCUT2D eigenvalue weighted by Crippen LogP contribution is 2.49. The van der Waals surface area contributed by atoms with Crippen LogP contribution in [-0.2, 0) is 53.0 Å². The Kier molecular flexibility index (Phi) is 28.3. The molecule has 0 aliphatic rings. The summed E-state index contributed by atoms with van der Waals surface area (Å²) in [6.07, 6.45) is 0.438. The zero-order chi connectivity index (χ0) is 53.0. The Balaban J connectivity index is -0.000000339. The topological polar surface area (TPSA) is 406 Å². The molecule has 0 amide bonds. The van der Waals surface area contributed by atoms with E-state index < -0.39 is 58.1 Å². The Morgan fingerprint density at radius 3 is 1.35 bits per heavy atom. The maximum Gasteiger partial charge on any atom is 0.451 e. The zero-order valence-electron chi connectivity index (χ0n) is 41.6. The number of hydrogen-bond acceptors (Lipinski definition) is 17. The summed E-state index contributed by atoms with van der Waals surface area (Å²) in [5.74, 6) is -0.412. The molecule has 0 aromatic carbocycles. The number of carbonyl (C=O) groups is 3. The molecule has 29 heteroatoms. The maximum atomic E-state index is 10.4. The highest BCUT2D eigenvalue weighted by Gasteiger charge is 2.32. The van der Waals surface area contributed by atoms with Gasteiger partial charge in [-0.25, -0.2) is 4.68 Å². The summed E-state index contributed by atoms with van der Waals surface area (Å²) in [5, 5.41) is 76.7. The van der Waals surface area contributed by atoms with Crippen molar-refractivity contribution in [1.82, 2.24) is 61.0 Å². The summed E-state index contributed by atoms with van der Waals surface area (Å²) in [4.78, 5) is 48.8. The first-order valence-electron chi connectivity index (χ1n) is 19.8. The number of aromatic nitrogens is 12. The fraction of sp³-hybridized carbons (Fsp3) is 0.833. The van der Waals surface area contributed by atoms with Gasteiger partial charge in [0.05, 0.1) is 15.3 Å². The van der Waals surface area contributed by atoms with E-state index in [4.69, 9.17) is 39.7 Å². The number of nitrogens with zero attached hydrogens (tertiary/aromatic N) is 11. The summed E-state index contributed by atoms with van der Waals surface area (Å²) in [7, 11) is -8.85. The number of H-pyrrole nitrogens is 1. The lowest BCUT2D eigenvalue weighted by atomic mass is 9.72. The highest BCUT2D eigenvalue weighted by molar-refractivity contribution is 7.87. The van der Waals surface area contributed by atoms with Gasteiger partial charge in [0.2, 0.25) is 0 Å². The van der Waals surface area contributed by atoms with Gasteiger partial charge in [-0.1, -0.05) is 81.4 Å². The minimum Gasteiger partial charge on any atom is -0.481 e. The molecular weight excluding hydrogens is 898 g/mol. The SMILES string of the molecule is CC(C)(C)C(=O)O.CC(C)(C)CB(O)O.CC(C)(C)P(=O)(O)O.CC(C)(C)S(=O)(=O)O.CC(C)(C)c1nnn(CC(=O)O)n1.CC(C)(C)c1nnnn1CC(=O)O.CC(C)c1nn[nH]n1. The number of aromatic amines is 1. The molecule has 378 valence electrons. The lowest BCUT2D eigenvalue weighted by Gasteiger charge is -2.18. The Hall–Kier alpha value is -4.34. The fourth-order valence-corrected chi connectivity index (χ4v) is 2.67. The molecule has 0 fully saturated rings. The van der Waals surface area contributed by atoms with Crippen molar-refractivity contribution >= 4 is 42.7 Å². The molecule has 0 bridgehead atoms. The minimum absolute atomic E-state index is 0.0220. The van der Waals surface area contributed by atoms with E-state index in [1.54, 1.807) is 20.8 Å². The van der Waals surface area contributed by atoms with Gasteiger partial charge in [0, 0.05) is 16.7 Å². The normalized spacial score (nSPS) is 12.0. The van der Waals surface area contributed by atoms with E-state index in [1.807, 2.05) is 76.2 Å². The van der Waals surface area contributed by atoms with Crippen LogP contribution in [0.2, 0.25) is 6.32 Å². The second kappa shape index (κ2) is 27.3. The van der Waals surface area contributed by atoms with Crippen LogP contribution >= 0.6 is 7.60 Å². The Morgan fingerprint density at radius 2 is 1.15 bits per heavy atom. The van der Waals surface area contributed by atoms with Crippen LogP contribution in [0.5, 0.6) is 0 Å². The largest absolute Gasteiger partial charge is 0.481 e. The summed E-state index contributed by atoms with van der Waals surface area (Å²) in [5.41, 5.74) is -0.996. The molecule has 3 heterocycles. The smallest absolute Gasteiger partial charge is 0.451 e. The summed E-state index contributed by atoms with van der Waals surface area (Å²) in [6.45, 7) is 34.9. The van der Waals surface area contributed by atoms with Crippen molar-refractivity contribution < 1.29 is 67.1 Å². The predicted octanol–water partition coefficient (Wildman–Crippen LogP) is 3.69. The zero-order valence-corrected chi connectivity index (χ0v) is 43.3. The van der Waals surface area contributed by atoms with Crippen molar-refractivity contribution in [2.45, 2.75) is 185 Å². The third kappa shape index (κ3) is 35.6. The third-order valence-electron chi connectivity index (χ3n) is 6.85. The predicted molar refractivity (Wildman–Crippen MR) is 241 cm³/mol. The molecule has 65 heavy (non-hydrogen) atoms. The first-order chi connectivity index (χ1) is 28.5. The van der Waals surface area contributed by atoms with E-state index in [0.717, 1.165) is 10.6 Å².